The monoisotopic (exact) mass is 395 g/mol. The van der Waals surface area contributed by atoms with Crippen molar-refractivity contribution < 1.29 is 4.79 Å². The van der Waals surface area contributed by atoms with E-state index in [1.54, 1.807) is 11.3 Å². The predicted octanol–water partition coefficient (Wildman–Crippen LogP) is 5.31. The minimum absolute atomic E-state index is 0.0463. The lowest BCUT2D eigenvalue weighted by Gasteiger charge is -2.13. The van der Waals surface area contributed by atoms with Gasteiger partial charge in [0.25, 0.3) is 5.91 Å². The second-order valence-corrected chi connectivity index (χ2v) is 9.80. The minimum Gasteiger partial charge on any atom is -0.397 e. The van der Waals surface area contributed by atoms with E-state index in [1.807, 2.05) is 53.9 Å². The number of nitrogens with two attached hydrogens (primary N) is 1. The zero-order valence-electron chi connectivity index (χ0n) is 15.1. The molecular formula is C21H22N3OPS. The number of carbonyl (C=O) groups excluding carboxylic acids is 1. The Morgan fingerprint density at radius 1 is 1.22 bits per heavy atom. The zero-order valence-corrected chi connectivity index (χ0v) is 16.8. The van der Waals surface area contributed by atoms with Crippen LogP contribution in [0.5, 0.6) is 0 Å². The summed E-state index contributed by atoms with van der Waals surface area (Å²) in [4.78, 5) is 13.8. The first-order valence-electron chi connectivity index (χ1n) is 8.92. The lowest BCUT2D eigenvalue weighted by atomic mass is 10.0. The number of thiophene rings is 1. The highest BCUT2D eigenvalue weighted by molar-refractivity contribution is 7.55. The molecule has 4 rings (SSSR count). The van der Waals surface area contributed by atoms with Gasteiger partial charge in [-0.05, 0) is 74.2 Å². The van der Waals surface area contributed by atoms with Gasteiger partial charge in [-0.1, -0.05) is 24.3 Å². The van der Waals surface area contributed by atoms with Crippen molar-refractivity contribution in [2.75, 3.05) is 23.9 Å². The van der Waals surface area contributed by atoms with E-state index in [0.717, 1.165) is 10.4 Å². The van der Waals surface area contributed by atoms with Crippen molar-refractivity contribution in [1.29, 1.82) is 0 Å². The van der Waals surface area contributed by atoms with Gasteiger partial charge in [0.15, 0.2) is 0 Å². The maximum Gasteiger partial charge on any atom is 0.255 e. The number of anilines is 2. The Morgan fingerprint density at radius 3 is 2.70 bits per heavy atom. The van der Waals surface area contributed by atoms with Gasteiger partial charge in [0.2, 0.25) is 0 Å². The number of benzene rings is 2. The maximum atomic E-state index is 12.7. The molecule has 4 N–H and O–H groups in total. The Balaban J connectivity index is 1.50. The smallest absolute Gasteiger partial charge is 0.255 e. The van der Waals surface area contributed by atoms with E-state index >= 15 is 0 Å². The second-order valence-electron chi connectivity index (χ2n) is 6.75. The first-order valence-corrected chi connectivity index (χ1v) is 11.8. The van der Waals surface area contributed by atoms with Crippen LogP contribution < -0.4 is 16.1 Å². The van der Waals surface area contributed by atoms with Crippen LogP contribution >= 0.6 is 19.4 Å². The van der Waals surface area contributed by atoms with E-state index < -0.39 is 0 Å². The molecule has 6 heteroatoms. The summed E-state index contributed by atoms with van der Waals surface area (Å²) >= 11 is 1.66. The first kappa shape index (κ1) is 18.2. The number of amides is 1. The normalized spacial score (nSPS) is 19.1. The number of hydrogen-bond acceptors (Lipinski definition) is 4. The molecule has 2 heterocycles. The molecule has 0 spiro atoms. The van der Waals surface area contributed by atoms with E-state index in [0.29, 0.717) is 23.0 Å². The van der Waals surface area contributed by atoms with Crippen LogP contribution in [-0.2, 0) is 0 Å². The predicted molar refractivity (Wildman–Crippen MR) is 117 cm³/mol. The molecule has 1 aromatic heterocycles. The molecule has 2 unspecified atom stereocenters. The lowest BCUT2D eigenvalue weighted by Crippen LogP contribution is -2.14. The Labute approximate surface area is 164 Å². The van der Waals surface area contributed by atoms with E-state index in [2.05, 4.69) is 23.1 Å². The van der Waals surface area contributed by atoms with E-state index in [-0.39, 0.29) is 14.0 Å². The van der Waals surface area contributed by atoms with Crippen molar-refractivity contribution in [2.45, 2.75) is 12.5 Å². The fraction of sp³-hybridized carbons (Fsp3) is 0.190. The zero-order chi connectivity index (χ0) is 18.8. The summed E-state index contributed by atoms with van der Waals surface area (Å²) < 4.78 is 0. The number of nitrogen functional groups attached to an aromatic ring is 1. The van der Waals surface area contributed by atoms with Gasteiger partial charge in [0, 0.05) is 16.5 Å². The first-order chi connectivity index (χ1) is 13.1. The average molecular weight is 395 g/mol. The van der Waals surface area contributed by atoms with Gasteiger partial charge in [-0.3, -0.25) is 9.88 Å². The molecule has 0 radical (unpaired) electrons. The van der Waals surface area contributed by atoms with Crippen LogP contribution in [-0.4, -0.2) is 18.7 Å². The Bertz CT molecular complexity index is 941. The molecule has 4 nitrogen and oxygen atoms in total. The molecule has 138 valence electrons. The fourth-order valence-corrected chi connectivity index (χ4v) is 5.59. The molecule has 1 aliphatic heterocycles. The van der Waals surface area contributed by atoms with Crippen molar-refractivity contribution in [2.24, 2.45) is 0 Å². The third kappa shape index (κ3) is 4.06. The standard InChI is InChI=1S/C21H22N3OPS/c1-26-11-10-18(24-26)14-4-6-15(7-5-14)21(25)23-19-13-16(8-9-17(19)22)20-3-2-12-27-20/h2-9,12-13,18,24H,10-11,22H2,1H3,(H,23,25). The highest BCUT2D eigenvalue weighted by atomic mass is 32.1. The van der Waals surface area contributed by atoms with Gasteiger partial charge in [-0.2, -0.15) is 0 Å². The van der Waals surface area contributed by atoms with Crippen LogP contribution in [0, 0.1) is 0 Å². The van der Waals surface area contributed by atoms with E-state index in [1.165, 1.54) is 18.1 Å². The summed E-state index contributed by atoms with van der Waals surface area (Å²) in [6.45, 7) is 2.27. The fourth-order valence-electron chi connectivity index (χ4n) is 3.28. The average Bonchev–Trinajstić information content (AvgIpc) is 3.35. The van der Waals surface area contributed by atoms with E-state index in [9.17, 15) is 4.79 Å². The molecule has 3 aromatic rings. The van der Waals surface area contributed by atoms with Gasteiger partial charge in [0.1, 0.15) is 0 Å². The molecule has 27 heavy (non-hydrogen) atoms. The van der Waals surface area contributed by atoms with Gasteiger partial charge in [0.05, 0.1) is 11.4 Å². The topological polar surface area (TPSA) is 67.2 Å². The molecule has 0 aliphatic carbocycles. The van der Waals surface area contributed by atoms with Gasteiger partial charge >= 0.3 is 0 Å². The molecular weight excluding hydrogens is 373 g/mol. The molecule has 2 atom stereocenters. The lowest BCUT2D eigenvalue weighted by molar-refractivity contribution is 0.102. The molecule has 2 aromatic carbocycles. The molecule has 1 aliphatic rings. The number of carbonyl (C=O) groups is 1. The van der Waals surface area contributed by atoms with Crippen molar-refractivity contribution in [3.8, 4) is 10.4 Å². The molecule has 1 fully saturated rings. The minimum atomic E-state index is -0.145. The Morgan fingerprint density at radius 2 is 2.04 bits per heavy atom. The Kier molecular flexibility index (Phi) is 5.26. The number of rotatable bonds is 4. The van der Waals surface area contributed by atoms with Crippen LogP contribution in [0.25, 0.3) is 10.4 Å². The van der Waals surface area contributed by atoms with Crippen LogP contribution in [0.4, 0.5) is 11.4 Å². The molecule has 1 saturated heterocycles. The SMILES string of the molecule is CP1CCC(c2ccc(C(=O)Nc3cc(-c4cccs4)ccc3N)cc2)N1. The summed E-state index contributed by atoms with van der Waals surface area (Å²) in [6.07, 6.45) is 2.42. The maximum absolute atomic E-state index is 12.7. The van der Waals surface area contributed by atoms with E-state index in [4.69, 9.17) is 5.73 Å². The summed E-state index contributed by atoms with van der Waals surface area (Å²) in [5.41, 5.74) is 10.2. The van der Waals surface area contributed by atoms with Gasteiger partial charge < -0.3 is 11.1 Å². The molecule has 1 amide bonds. The van der Waals surface area contributed by atoms with Crippen molar-refractivity contribution in [3.05, 3.63) is 71.1 Å². The van der Waals surface area contributed by atoms with Gasteiger partial charge in [-0.15, -0.1) is 11.3 Å². The largest absolute Gasteiger partial charge is 0.397 e. The van der Waals surface area contributed by atoms with Gasteiger partial charge in [-0.25, -0.2) is 0 Å². The molecule has 0 saturated carbocycles. The highest BCUT2D eigenvalue weighted by Crippen LogP contribution is 2.40. The quantitative estimate of drug-likeness (QED) is 0.414. The van der Waals surface area contributed by atoms with Crippen LogP contribution in [0.1, 0.15) is 28.4 Å². The highest BCUT2D eigenvalue weighted by Gasteiger charge is 2.21. The van der Waals surface area contributed by atoms with Crippen molar-refractivity contribution >= 4 is 36.7 Å². The third-order valence-electron chi connectivity index (χ3n) is 4.81. The van der Waals surface area contributed by atoms with Crippen LogP contribution in [0.15, 0.2) is 60.0 Å². The van der Waals surface area contributed by atoms with Crippen molar-refractivity contribution in [3.63, 3.8) is 0 Å². The van der Waals surface area contributed by atoms with Crippen molar-refractivity contribution in [1.82, 2.24) is 5.09 Å². The number of nitrogens with one attached hydrogen (secondary N) is 2. The molecule has 0 bridgehead atoms. The van der Waals surface area contributed by atoms with Crippen LogP contribution in [0.3, 0.4) is 0 Å². The summed E-state index contributed by atoms with van der Waals surface area (Å²) in [7, 11) is -0.0463. The summed E-state index contributed by atoms with van der Waals surface area (Å²) in [6, 6.07) is 18.1. The number of hydrogen-bond donors (Lipinski definition) is 3. The second kappa shape index (κ2) is 7.81. The van der Waals surface area contributed by atoms with Crippen LogP contribution in [0.2, 0.25) is 0 Å². The summed E-state index contributed by atoms with van der Waals surface area (Å²) in [5, 5.41) is 8.62. The third-order valence-corrected chi connectivity index (χ3v) is 7.41. The Hall–Kier alpha value is -2.20. The summed E-state index contributed by atoms with van der Waals surface area (Å²) in [5.74, 6) is -0.145.